The van der Waals surface area contributed by atoms with Gasteiger partial charge in [0.05, 0.1) is 24.7 Å². The molecule has 0 aliphatic carbocycles. The van der Waals surface area contributed by atoms with Gasteiger partial charge in [0.1, 0.15) is 11.5 Å². The van der Waals surface area contributed by atoms with E-state index < -0.39 is 0 Å². The highest BCUT2D eigenvalue weighted by molar-refractivity contribution is 5.92. The molecule has 2 aromatic rings. The highest BCUT2D eigenvalue weighted by Gasteiger charge is 2.20. The summed E-state index contributed by atoms with van der Waals surface area (Å²) in [7, 11) is 0. The Bertz CT molecular complexity index is 788. The van der Waals surface area contributed by atoms with E-state index in [9.17, 15) is 9.59 Å². The first kappa shape index (κ1) is 24.5. The van der Waals surface area contributed by atoms with Crippen molar-refractivity contribution in [3.8, 4) is 0 Å². The lowest BCUT2D eigenvalue weighted by atomic mass is 10.1. The molecule has 0 aromatic carbocycles. The molecule has 8 nitrogen and oxygen atoms in total. The standard InChI is InChI=1S/C23H35N5O3/c1-5-27(6-2)12-7-9-18(3)26-22(29)11-13-28(17-20-10-8-14-31-20)23(30)21-16-24-19(4)15-25-21/h8,10,14-16,18H,5-7,9,11-13,17H2,1-4H3,(H,26,29). The second kappa shape index (κ2) is 12.8. The molecule has 0 spiro atoms. The van der Waals surface area contributed by atoms with Crippen molar-refractivity contribution in [3.63, 3.8) is 0 Å². The van der Waals surface area contributed by atoms with Crippen LogP contribution >= 0.6 is 0 Å². The largest absolute Gasteiger partial charge is 0.467 e. The molecular weight excluding hydrogens is 394 g/mol. The summed E-state index contributed by atoms with van der Waals surface area (Å²) in [5.41, 5.74) is 0.992. The summed E-state index contributed by atoms with van der Waals surface area (Å²) in [6.45, 7) is 11.8. The topological polar surface area (TPSA) is 91.6 Å². The second-order valence-electron chi connectivity index (χ2n) is 7.74. The van der Waals surface area contributed by atoms with Crippen molar-refractivity contribution in [1.82, 2.24) is 25.1 Å². The molecule has 0 aliphatic heterocycles. The third-order valence-corrected chi connectivity index (χ3v) is 5.24. The van der Waals surface area contributed by atoms with Gasteiger partial charge in [-0.05, 0) is 58.5 Å². The minimum absolute atomic E-state index is 0.0671. The first-order chi connectivity index (χ1) is 14.9. The summed E-state index contributed by atoms with van der Waals surface area (Å²) in [6.07, 6.45) is 6.77. The molecule has 0 saturated carbocycles. The highest BCUT2D eigenvalue weighted by atomic mass is 16.3. The first-order valence-electron chi connectivity index (χ1n) is 11.0. The molecule has 2 heterocycles. The number of carbonyl (C=O) groups is 2. The van der Waals surface area contributed by atoms with Gasteiger partial charge in [0.15, 0.2) is 0 Å². The molecule has 1 atom stereocenters. The van der Waals surface area contributed by atoms with Gasteiger partial charge in [-0.3, -0.25) is 14.6 Å². The van der Waals surface area contributed by atoms with Crippen molar-refractivity contribution in [3.05, 3.63) is 47.9 Å². The Labute approximate surface area is 185 Å². The van der Waals surface area contributed by atoms with Crippen LogP contribution in [0, 0.1) is 6.92 Å². The maximum Gasteiger partial charge on any atom is 0.274 e. The number of carbonyl (C=O) groups excluding carboxylic acids is 2. The van der Waals surface area contributed by atoms with Gasteiger partial charge in [-0.15, -0.1) is 0 Å². The van der Waals surface area contributed by atoms with Crippen LogP contribution in [-0.4, -0.2) is 63.8 Å². The predicted molar refractivity (Wildman–Crippen MR) is 119 cm³/mol. The zero-order chi connectivity index (χ0) is 22.6. The third-order valence-electron chi connectivity index (χ3n) is 5.24. The number of nitrogens with one attached hydrogen (secondary N) is 1. The van der Waals surface area contributed by atoms with Gasteiger partial charge in [-0.1, -0.05) is 13.8 Å². The van der Waals surface area contributed by atoms with Crippen molar-refractivity contribution < 1.29 is 14.0 Å². The van der Waals surface area contributed by atoms with Crippen LogP contribution in [0.25, 0.3) is 0 Å². The number of furan rings is 1. The molecular formula is C23H35N5O3. The van der Waals surface area contributed by atoms with Crippen LogP contribution in [0.1, 0.15) is 62.0 Å². The minimum Gasteiger partial charge on any atom is -0.467 e. The van der Waals surface area contributed by atoms with E-state index in [-0.39, 0.29) is 43.1 Å². The van der Waals surface area contributed by atoms with Crippen LogP contribution in [0.5, 0.6) is 0 Å². The van der Waals surface area contributed by atoms with E-state index >= 15 is 0 Å². The Balaban J connectivity index is 1.88. The zero-order valence-corrected chi connectivity index (χ0v) is 19.1. The number of hydrogen-bond donors (Lipinski definition) is 1. The Morgan fingerprint density at radius 1 is 1.16 bits per heavy atom. The van der Waals surface area contributed by atoms with E-state index in [4.69, 9.17) is 4.42 Å². The van der Waals surface area contributed by atoms with Gasteiger partial charge in [-0.2, -0.15) is 0 Å². The van der Waals surface area contributed by atoms with E-state index in [2.05, 4.69) is 34.0 Å². The summed E-state index contributed by atoms with van der Waals surface area (Å²) in [5, 5.41) is 3.04. The number of aromatic nitrogens is 2. The lowest BCUT2D eigenvalue weighted by molar-refractivity contribution is -0.122. The quantitative estimate of drug-likeness (QED) is 0.526. The summed E-state index contributed by atoms with van der Waals surface area (Å²) in [4.78, 5) is 37.7. The molecule has 1 N–H and O–H groups in total. The van der Waals surface area contributed by atoms with E-state index in [0.717, 1.165) is 38.2 Å². The average molecular weight is 430 g/mol. The molecule has 0 saturated heterocycles. The average Bonchev–Trinajstić information content (AvgIpc) is 3.27. The van der Waals surface area contributed by atoms with Crippen LogP contribution in [0.2, 0.25) is 0 Å². The summed E-state index contributed by atoms with van der Waals surface area (Å²) in [5.74, 6) is 0.310. The van der Waals surface area contributed by atoms with Crippen LogP contribution in [0.15, 0.2) is 35.2 Å². The van der Waals surface area contributed by atoms with Gasteiger partial charge >= 0.3 is 0 Å². The molecule has 1 unspecified atom stereocenters. The van der Waals surface area contributed by atoms with E-state index in [1.54, 1.807) is 29.5 Å². The predicted octanol–water partition coefficient (Wildman–Crippen LogP) is 3.04. The van der Waals surface area contributed by atoms with Gasteiger partial charge in [0.2, 0.25) is 5.91 Å². The Morgan fingerprint density at radius 2 is 1.94 bits per heavy atom. The molecule has 0 fully saturated rings. The minimum atomic E-state index is -0.274. The Morgan fingerprint density at radius 3 is 2.55 bits per heavy atom. The van der Waals surface area contributed by atoms with E-state index in [0.29, 0.717) is 5.76 Å². The molecule has 0 aliphatic rings. The van der Waals surface area contributed by atoms with Crippen LogP contribution in [0.4, 0.5) is 0 Å². The fraction of sp³-hybridized carbons (Fsp3) is 0.565. The second-order valence-corrected chi connectivity index (χ2v) is 7.74. The summed E-state index contributed by atoms with van der Waals surface area (Å²) < 4.78 is 5.39. The van der Waals surface area contributed by atoms with Crippen molar-refractivity contribution in [1.29, 1.82) is 0 Å². The fourth-order valence-electron chi connectivity index (χ4n) is 3.32. The molecule has 0 bridgehead atoms. The van der Waals surface area contributed by atoms with Crippen molar-refractivity contribution >= 4 is 11.8 Å². The smallest absolute Gasteiger partial charge is 0.274 e. The molecule has 31 heavy (non-hydrogen) atoms. The Hall–Kier alpha value is -2.74. The van der Waals surface area contributed by atoms with Crippen LogP contribution in [0.3, 0.4) is 0 Å². The van der Waals surface area contributed by atoms with E-state index in [1.807, 2.05) is 13.8 Å². The molecule has 8 heteroatoms. The molecule has 170 valence electrons. The fourth-order valence-corrected chi connectivity index (χ4v) is 3.32. The lowest BCUT2D eigenvalue weighted by Gasteiger charge is -2.22. The number of hydrogen-bond acceptors (Lipinski definition) is 6. The lowest BCUT2D eigenvalue weighted by Crippen LogP contribution is -2.38. The molecule has 2 rings (SSSR count). The first-order valence-corrected chi connectivity index (χ1v) is 11.0. The van der Waals surface area contributed by atoms with Crippen molar-refractivity contribution in [2.24, 2.45) is 0 Å². The Kier molecular flexibility index (Phi) is 10.2. The number of amides is 2. The van der Waals surface area contributed by atoms with Crippen molar-refractivity contribution in [2.45, 2.75) is 59.5 Å². The summed E-state index contributed by atoms with van der Waals surface area (Å²) in [6, 6.07) is 3.68. The maximum atomic E-state index is 12.9. The summed E-state index contributed by atoms with van der Waals surface area (Å²) >= 11 is 0. The number of nitrogens with zero attached hydrogens (tertiary/aromatic N) is 4. The van der Waals surface area contributed by atoms with Gasteiger partial charge in [0.25, 0.3) is 5.91 Å². The van der Waals surface area contributed by atoms with Crippen molar-refractivity contribution in [2.75, 3.05) is 26.2 Å². The number of rotatable bonds is 13. The molecule has 2 amide bonds. The number of aryl methyl sites for hydroxylation is 1. The molecule has 0 radical (unpaired) electrons. The van der Waals surface area contributed by atoms with Gasteiger partial charge in [0, 0.05) is 25.2 Å². The normalized spacial score (nSPS) is 12.0. The third kappa shape index (κ3) is 8.49. The van der Waals surface area contributed by atoms with Gasteiger partial charge < -0.3 is 19.5 Å². The SMILES string of the molecule is CCN(CC)CCCC(C)NC(=O)CCN(Cc1ccco1)C(=O)c1cnc(C)cn1. The van der Waals surface area contributed by atoms with E-state index in [1.165, 1.54) is 6.20 Å². The zero-order valence-electron chi connectivity index (χ0n) is 19.1. The molecule has 2 aromatic heterocycles. The van der Waals surface area contributed by atoms with Crippen LogP contribution in [-0.2, 0) is 11.3 Å². The maximum absolute atomic E-state index is 12.9. The highest BCUT2D eigenvalue weighted by Crippen LogP contribution is 2.10. The van der Waals surface area contributed by atoms with Gasteiger partial charge in [-0.25, -0.2) is 4.98 Å². The monoisotopic (exact) mass is 429 g/mol. The van der Waals surface area contributed by atoms with Crippen LogP contribution < -0.4 is 5.32 Å².